The van der Waals surface area contributed by atoms with Gasteiger partial charge in [-0.15, -0.1) is 0 Å². The summed E-state index contributed by atoms with van der Waals surface area (Å²) in [5.41, 5.74) is 4.25. The van der Waals surface area contributed by atoms with Gasteiger partial charge in [-0.2, -0.15) is 0 Å². The molecule has 0 saturated heterocycles. The number of nitrogens with zero attached hydrogens (tertiary/aromatic N) is 1. The van der Waals surface area contributed by atoms with Gasteiger partial charge in [0.1, 0.15) is 6.29 Å². The molecule has 3 aromatic rings. The highest BCUT2D eigenvalue weighted by atomic mass is 16.2. The second kappa shape index (κ2) is 13.9. The molecule has 0 heterocycles. The Kier molecular flexibility index (Phi) is 10.9. The van der Waals surface area contributed by atoms with Gasteiger partial charge in [0.05, 0.1) is 5.56 Å². The standard InChI is InChI=1S/C26H26N2O3.C4H10/c1-4-28(5-2)21-14-15-22(18(3)16-21)25(30)23-8-6-7-9-24(23)26(31)27-20-12-10-19(17-29)11-13-20;1-3-4-2/h6-17H,4-5H2,1-3H3,(H,27,31);3-4H2,1-2H3. The highest BCUT2D eigenvalue weighted by molar-refractivity contribution is 6.18. The van der Waals surface area contributed by atoms with Crippen LogP contribution in [0, 0.1) is 6.92 Å². The molecule has 0 fully saturated rings. The fourth-order valence-corrected chi connectivity index (χ4v) is 3.56. The Hall–Kier alpha value is -3.73. The molecule has 0 aliphatic carbocycles. The van der Waals surface area contributed by atoms with Crippen LogP contribution in [-0.2, 0) is 0 Å². The van der Waals surface area contributed by atoms with Gasteiger partial charge < -0.3 is 10.2 Å². The fraction of sp³-hybridized carbons (Fsp3) is 0.300. The first kappa shape index (κ1) is 27.5. The Bertz CT molecular complexity index is 1130. The normalized spacial score (nSPS) is 10.1. The summed E-state index contributed by atoms with van der Waals surface area (Å²) < 4.78 is 0. The maximum atomic E-state index is 13.3. The summed E-state index contributed by atoms with van der Waals surface area (Å²) in [6.45, 7) is 12.2. The van der Waals surface area contributed by atoms with Gasteiger partial charge >= 0.3 is 0 Å². The van der Waals surface area contributed by atoms with Crippen LogP contribution in [0.4, 0.5) is 11.4 Å². The lowest BCUT2D eigenvalue weighted by atomic mass is 9.94. The van der Waals surface area contributed by atoms with E-state index in [-0.39, 0.29) is 11.7 Å². The van der Waals surface area contributed by atoms with E-state index < -0.39 is 0 Å². The number of hydrogen-bond donors (Lipinski definition) is 1. The number of amides is 1. The third-order valence-electron chi connectivity index (χ3n) is 5.80. The SMILES string of the molecule is CCCC.CCN(CC)c1ccc(C(=O)c2ccccc2C(=O)Nc2ccc(C=O)cc2)c(C)c1. The van der Waals surface area contributed by atoms with Crippen LogP contribution in [-0.4, -0.2) is 31.1 Å². The number of rotatable bonds is 9. The predicted molar refractivity (Wildman–Crippen MR) is 145 cm³/mol. The number of ketones is 1. The number of aldehydes is 1. The van der Waals surface area contributed by atoms with Crippen molar-refractivity contribution in [1.29, 1.82) is 0 Å². The smallest absolute Gasteiger partial charge is 0.256 e. The van der Waals surface area contributed by atoms with E-state index >= 15 is 0 Å². The third kappa shape index (κ3) is 7.38. The maximum absolute atomic E-state index is 13.3. The second-order valence-corrected chi connectivity index (χ2v) is 8.24. The molecule has 1 N–H and O–H groups in total. The average molecular weight is 473 g/mol. The van der Waals surface area contributed by atoms with Crippen molar-refractivity contribution >= 4 is 29.4 Å². The lowest BCUT2D eigenvalue weighted by Crippen LogP contribution is -2.22. The molecule has 3 aromatic carbocycles. The van der Waals surface area contributed by atoms with Crippen molar-refractivity contribution in [3.8, 4) is 0 Å². The molecule has 0 saturated carbocycles. The molecule has 5 nitrogen and oxygen atoms in total. The largest absolute Gasteiger partial charge is 0.372 e. The van der Waals surface area contributed by atoms with Gasteiger partial charge in [-0.25, -0.2) is 0 Å². The zero-order chi connectivity index (χ0) is 25.8. The molecule has 0 aliphatic rings. The van der Waals surface area contributed by atoms with Crippen molar-refractivity contribution in [2.75, 3.05) is 23.3 Å². The number of carbonyl (C=O) groups excluding carboxylic acids is 3. The van der Waals surface area contributed by atoms with Gasteiger partial charge in [-0.1, -0.05) is 44.9 Å². The average Bonchev–Trinajstić information content (AvgIpc) is 2.89. The van der Waals surface area contributed by atoms with Gasteiger partial charge in [-0.05, 0) is 74.9 Å². The summed E-state index contributed by atoms with van der Waals surface area (Å²) in [5, 5.41) is 2.80. The van der Waals surface area contributed by atoms with Crippen LogP contribution >= 0.6 is 0 Å². The summed E-state index contributed by atoms with van der Waals surface area (Å²) in [7, 11) is 0. The summed E-state index contributed by atoms with van der Waals surface area (Å²) in [5.74, 6) is -0.564. The Morgan fingerprint density at radius 1 is 0.800 bits per heavy atom. The molecule has 184 valence electrons. The quantitative estimate of drug-likeness (QED) is 0.270. The second-order valence-electron chi connectivity index (χ2n) is 8.24. The lowest BCUT2D eigenvalue weighted by molar-refractivity contribution is 0.0996. The highest BCUT2D eigenvalue weighted by Crippen LogP contribution is 2.23. The summed E-state index contributed by atoms with van der Waals surface area (Å²) in [6.07, 6.45) is 3.38. The van der Waals surface area contributed by atoms with Crippen molar-refractivity contribution < 1.29 is 14.4 Å². The molecular formula is C30H36N2O3. The molecular weight excluding hydrogens is 436 g/mol. The van der Waals surface area contributed by atoms with Gasteiger partial charge in [-0.3, -0.25) is 14.4 Å². The first-order valence-electron chi connectivity index (χ1n) is 12.3. The summed E-state index contributed by atoms with van der Waals surface area (Å²) in [4.78, 5) is 39.2. The van der Waals surface area contributed by atoms with Crippen LogP contribution < -0.4 is 10.2 Å². The van der Waals surface area contributed by atoms with Crippen LogP contribution in [0.15, 0.2) is 66.7 Å². The lowest BCUT2D eigenvalue weighted by Gasteiger charge is -2.22. The summed E-state index contributed by atoms with van der Waals surface area (Å²) >= 11 is 0. The molecule has 3 rings (SSSR count). The van der Waals surface area contributed by atoms with Crippen LogP contribution in [0.3, 0.4) is 0 Å². The minimum atomic E-state index is -0.375. The van der Waals surface area contributed by atoms with Crippen LogP contribution in [0.1, 0.15) is 82.7 Å². The molecule has 0 atom stereocenters. The molecule has 0 bridgehead atoms. The monoisotopic (exact) mass is 472 g/mol. The number of unbranched alkanes of at least 4 members (excludes halogenated alkanes) is 1. The Morgan fingerprint density at radius 3 is 1.91 bits per heavy atom. The van der Waals surface area contributed by atoms with E-state index in [0.717, 1.165) is 30.6 Å². The predicted octanol–water partition coefficient (Wildman–Crippen LogP) is 6.94. The minimum absolute atomic E-state index is 0.189. The van der Waals surface area contributed by atoms with Crippen molar-refractivity contribution in [3.63, 3.8) is 0 Å². The van der Waals surface area contributed by atoms with E-state index in [0.29, 0.717) is 27.9 Å². The van der Waals surface area contributed by atoms with Crippen LogP contribution in [0.5, 0.6) is 0 Å². The van der Waals surface area contributed by atoms with Crippen molar-refractivity contribution in [2.24, 2.45) is 0 Å². The first-order valence-corrected chi connectivity index (χ1v) is 12.3. The molecule has 0 spiro atoms. The van der Waals surface area contributed by atoms with Crippen LogP contribution in [0.25, 0.3) is 0 Å². The Morgan fingerprint density at radius 2 is 1.40 bits per heavy atom. The van der Waals surface area contributed by atoms with E-state index in [1.807, 2.05) is 25.1 Å². The topological polar surface area (TPSA) is 66.5 Å². The van der Waals surface area contributed by atoms with Gasteiger partial charge in [0.15, 0.2) is 5.78 Å². The molecule has 1 amide bonds. The molecule has 0 radical (unpaired) electrons. The Labute approximate surface area is 209 Å². The van der Waals surface area contributed by atoms with Gasteiger partial charge in [0.2, 0.25) is 0 Å². The minimum Gasteiger partial charge on any atom is -0.372 e. The van der Waals surface area contributed by atoms with Crippen molar-refractivity contribution in [2.45, 2.75) is 47.5 Å². The molecule has 5 heteroatoms. The van der Waals surface area contributed by atoms with Crippen molar-refractivity contribution in [3.05, 3.63) is 94.5 Å². The number of carbonyl (C=O) groups is 3. The van der Waals surface area contributed by atoms with E-state index in [9.17, 15) is 14.4 Å². The third-order valence-corrected chi connectivity index (χ3v) is 5.80. The zero-order valence-electron chi connectivity index (χ0n) is 21.4. The van der Waals surface area contributed by atoms with E-state index in [1.165, 1.54) is 12.8 Å². The van der Waals surface area contributed by atoms with Gasteiger partial charge in [0, 0.05) is 41.2 Å². The van der Waals surface area contributed by atoms with Crippen LogP contribution in [0.2, 0.25) is 0 Å². The number of anilines is 2. The fourth-order valence-electron chi connectivity index (χ4n) is 3.56. The number of aryl methyl sites for hydroxylation is 1. The zero-order valence-corrected chi connectivity index (χ0v) is 21.4. The Balaban J connectivity index is 0.00000100. The number of hydrogen-bond acceptors (Lipinski definition) is 4. The molecule has 0 aliphatic heterocycles. The molecule has 35 heavy (non-hydrogen) atoms. The molecule has 0 unspecified atom stereocenters. The molecule has 0 aromatic heterocycles. The number of nitrogens with one attached hydrogen (secondary N) is 1. The number of benzene rings is 3. The van der Waals surface area contributed by atoms with E-state index in [2.05, 4.69) is 37.9 Å². The van der Waals surface area contributed by atoms with E-state index in [4.69, 9.17) is 0 Å². The van der Waals surface area contributed by atoms with Gasteiger partial charge in [0.25, 0.3) is 5.91 Å². The highest BCUT2D eigenvalue weighted by Gasteiger charge is 2.20. The van der Waals surface area contributed by atoms with Crippen molar-refractivity contribution in [1.82, 2.24) is 0 Å². The first-order chi connectivity index (χ1) is 16.9. The maximum Gasteiger partial charge on any atom is 0.256 e. The van der Waals surface area contributed by atoms with E-state index in [1.54, 1.807) is 48.5 Å². The summed E-state index contributed by atoms with van der Waals surface area (Å²) in [6, 6.07) is 19.2.